The molecule has 0 saturated heterocycles. The van der Waals surface area contributed by atoms with Crippen LogP contribution in [0.2, 0.25) is 0 Å². The van der Waals surface area contributed by atoms with Crippen LogP contribution in [0.3, 0.4) is 0 Å². The first-order valence-electron chi connectivity index (χ1n) is 10.00. The molecule has 0 bridgehead atoms. The molecule has 7 heteroatoms. The molecular formula is C24H25N3O4. The highest BCUT2D eigenvalue weighted by Gasteiger charge is 2.16. The number of ketones is 1. The molecule has 1 amide bonds. The Morgan fingerprint density at radius 2 is 1.68 bits per heavy atom. The zero-order chi connectivity index (χ0) is 22.4. The van der Waals surface area contributed by atoms with Crippen LogP contribution < -0.4 is 5.32 Å². The molecule has 0 saturated carbocycles. The third kappa shape index (κ3) is 5.45. The summed E-state index contributed by atoms with van der Waals surface area (Å²) in [5.74, 6) is -1.17. The van der Waals surface area contributed by atoms with Gasteiger partial charge in [-0.15, -0.1) is 0 Å². The van der Waals surface area contributed by atoms with Crippen molar-refractivity contribution in [3.8, 4) is 0 Å². The highest BCUT2D eigenvalue weighted by atomic mass is 16.5. The molecule has 1 heterocycles. The van der Waals surface area contributed by atoms with Crippen molar-refractivity contribution in [2.75, 3.05) is 11.9 Å². The highest BCUT2D eigenvalue weighted by Crippen LogP contribution is 2.19. The number of carbonyl (C=O) groups is 3. The van der Waals surface area contributed by atoms with E-state index < -0.39 is 18.5 Å². The molecular weight excluding hydrogens is 394 g/mol. The number of nitrogens with one attached hydrogen (secondary N) is 1. The van der Waals surface area contributed by atoms with Gasteiger partial charge in [0.25, 0.3) is 5.91 Å². The van der Waals surface area contributed by atoms with Gasteiger partial charge in [-0.3, -0.25) is 19.1 Å². The number of anilines is 1. The number of aromatic nitrogens is 2. The van der Waals surface area contributed by atoms with E-state index in [9.17, 15) is 14.4 Å². The van der Waals surface area contributed by atoms with Crippen molar-refractivity contribution in [1.29, 1.82) is 0 Å². The van der Waals surface area contributed by atoms with Crippen LogP contribution in [-0.4, -0.2) is 34.0 Å². The number of para-hydroxylation sites is 1. The maximum Gasteiger partial charge on any atom is 0.306 e. The van der Waals surface area contributed by atoms with Crippen molar-refractivity contribution < 1.29 is 19.1 Å². The van der Waals surface area contributed by atoms with Crippen molar-refractivity contribution >= 4 is 23.3 Å². The Hall–Kier alpha value is -3.74. The van der Waals surface area contributed by atoms with Crippen molar-refractivity contribution in [3.63, 3.8) is 0 Å². The summed E-state index contributed by atoms with van der Waals surface area (Å²) in [6, 6.07) is 15.6. The molecule has 0 spiro atoms. The molecule has 0 unspecified atom stereocenters. The van der Waals surface area contributed by atoms with E-state index in [-0.39, 0.29) is 12.2 Å². The maximum absolute atomic E-state index is 12.7. The van der Waals surface area contributed by atoms with Gasteiger partial charge in [-0.25, -0.2) is 0 Å². The molecule has 0 radical (unpaired) electrons. The van der Waals surface area contributed by atoms with Gasteiger partial charge in [0.05, 0.1) is 11.4 Å². The van der Waals surface area contributed by atoms with Crippen LogP contribution in [0.15, 0.2) is 54.6 Å². The van der Waals surface area contributed by atoms with Crippen LogP contribution in [-0.2, 0) is 27.8 Å². The maximum atomic E-state index is 12.7. The molecule has 2 aromatic carbocycles. The second kappa shape index (κ2) is 9.84. The monoisotopic (exact) mass is 419 g/mol. The summed E-state index contributed by atoms with van der Waals surface area (Å²) in [5, 5.41) is 6.99. The van der Waals surface area contributed by atoms with Gasteiger partial charge in [-0.2, -0.15) is 5.10 Å². The first-order valence-corrected chi connectivity index (χ1v) is 10.00. The van der Waals surface area contributed by atoms with Crippen LogP contribution in [0.25, 0.3) is 0 Å². The summed E-state index contributed by atoms with van der Waals surface area (Å²) < 4.78 is 6.88. The average molecular weight is 419 g/mol. The van der Waals surface area contributed by atoms with Crippen LogP contribution in [0.1, 0.15) is 39.3 Å². The zero-order valence-corrected chi connectivity index (χ0v) is 17.8. The molecule has 0 atom stereocenters. The van der Waals surface area contributed by atoms with Gasteiger partial charge in [0.15, 0.2) is 12.4 Å². The largest absolute Gasteiger partial charge is 0.456 e. The van der Waals surface area contributed by atoms with Gasteiger partial charge in [0, 0.05) is 30.3 Å². The first-order chi connectivity index (χ1) is 14.9. The Kier molecular flexibility index (Phi) is 6.97. The molecule has 1 N–H and O–H groups in total. The Balaban J connectivity index is 1.55. The van der Waals surface area contributed by atoms with E-state index in [1.807, 2.05) is 27.0 Å². The molecule has 3 rings (SSSR count). The minimum absolute atomic E-state index is 0.156. The average Bonchev–Trinajstić information content (AvgIpc) is 3.02. The molecule has 0 aliphatic rings. The third-order valence-electron chi connectivity index (χ3n) is 5.08. The zero-order valence-electron chi connectivity index (χ0n) is 17.8. The normalized spacial score (nSPS) is 10.5. The van der Waals surface area contributed by atoms with Gasteiger partial charge in [-0.1, -0.05) is 42.5 Å². The fourth-order valence-corrected chi connectivity index (χ4v) is 3.35. The van der Waals surface area contributed by atoms with Gasteiger partial charge >= 0.3 is 5.97 Å². The number of hydrogen-bond donors (Lipinski definition) is 1. The fourth-order valence-electron chi connectivity index (χ4n) is 3.35. The molecule has 3 aromatic rings. The Bertz CT molecular complexity index is 1100. The summed E-state index contributed by atoms with van der Waals surface area (Å²) >= 11 is 0. The SMILES string of the molecule is Cc1nn(C)c(C)c1CCC(=O)OCC(=O)Nc1ccccc1C(=O)c1ccccc1. The second-order valence-electron chi connectivity index (χ2n) is 7.22. The number of amides is 1. The lowest BCUT2D eigenvalue weighted by molar-refractivity contribution is -0.147. The number of esters is 1. The van der Waals surface area contributed by atoms with Crippen molar-refractivity contribution in [2.45, 2.75) is 26.7 Å². The van der Waals surface area contributed by atoms with Crippen molar-refractivity contribution in [2.24, 2.45) is 7.05 Å². The number of carbonyl (C=O) groups excluding carboxylic acids is 3. The van der Waals surface area contributed by atoms with Crippen molar-refractivity contribution in [3.05, 3.63) is 82.7 Å². The highest BCUT2D eigenvalue weighted by molar-refractivity contribution is 6.13. The third-order valence-corrected chi connectivity index (χ3v) is 5.08. The number of benzene rings is 2. The molecule has 31 heavy (non-hydrogen) atoms. The van der Waals surface area contributed by atoms with E-state index in [2.05, 4.69) is 10.4 Å². The van der Waals surface area contributed by atoms with Gasteiger partial charge in [0.1, 0.15) is 0 Å². The van der Waals surface area contributed by atoms with E-state index >= 15 is 0 Å². The van der Waals surface area contributed by atoms with E-state index in [0.717, 1.165) is 17.0 Å². The molecule has 160 valence electrons. The van der Waals surface area contributed by atoms with Crippen LogP contribution in [0.4, 0.5) is 5.69 Å². The number of aryl methyl sites for hydroxylation is 2. The summed E-state index contributed by atoms with van der Waals surface area (Å²) in [6.07, 6.45) is 0.657. The number of hydrogen-bond acceptors (Lipinski definition) is 5. The van der Waals surface area contributed by atoms with Gasteiger partial charge in [0.2, 0.25) is 0 Å². The smallest absolute Gasteiger partial charge is 0.306 e. The lowest BCUT2D eigenvalue weighted by atomic mass is 10.0. The molecule has 7 nitrogen and oxygen atoms in total. The van der Waals surface area contributed by atoms with Crippen LogP contribution >= 0.6 is 0 Å². The standard InChI is InChI=1S/C24H25N3O4/c1-16-19(17(2)27(3)26-16)13-14-23(29)31-15-22(28)25-21-12-8-7-11-20(21)24(30)18-9-5-4-6-10-18/h4-12H,13-15H2,1-3H3,(H,25,28). The van der Waals surface area contributed by atoms with Crippen LogP contribution in [0.5, 0.6) is 0 Å². The minimum Gasteiger partial charge on any atom is -0.456 e. The number of rotatable bonds is 8. The number of nitrogens with zero attached hydrogens (tertiary/aromatic N) is 2. The van der Waals surface area contributed by atoms with Crippen LogP contribution in [0, 0.1) is 13.8 Å². The minimum atomic E-state index is -0.504. The molecule has 1 aromatic heterocycles. The summed E-state index contributed by atoms with van der Waals surface area (Å²) in [5.41, 5.74) is 4.16. The predicted molar refractivity (Wildman–Crippen MR) is 117 cm³/mol. The predicted octanol–water partition coefficient (Wildman–Crippen LogP) is 3.38. The van der Waals surface area contributed by atoms with Gasteiger partial charge in [-0.05, 0) is 38.0 Å². The molecule has 0 aliphatic heterocycles. The first kappa shape index (κ1) is 22.0. The summed E-state index contributed by atoms with van der Waals surface area (Å²) in [6.45, 7) is 3.43. The fraction of sp³-hybridized carbons (Fsp3) is 0.250. The van der Waals surface area contributed by atoms with Gasteiger partial charge < -0.3 is 10.1 Å². The lowest BCUT2D eigenvalue weighted by Crippen LogP contribution is -2.22. The van der Waals surface area contributed by atoms with E-state index in [1.165, 1.54) is 0 Å². The Morgan fingerprint density at radius 1 is 1.00 bits per heavy atom. The second-order valence-corrected chi connectivity index (χ2v) is 7.22. The van der Waals surface area contributed by atoms with E-state index in [4.69, 9.17) is 4.74 Å². The molecule has 0 fully saturated rings. The summed E-state index contributed by atoms with van der Waals surface area (Å²) in [7, 11) is 1.86. The number of ether oxygens (including phenoxy) is 1. The lowest BCUT2D eigenvalue weighted by Gasteiger charge is -2.11. The summed E-state index contributed by atoms with van der Waals surface area (Å²) in [4.78, 5) is 37.1. The van der Waals surface area contributed by atoms with E-state index in [1.54, 1.807) is 53.2 Å². The van der Waals surface area contributed by atoms with Crippen molar-refractivity contribution in [1.82, 2.24) is 9.78 Å². The quantitative estimate of drug-likeness (QED) is 0.447. The Morgan fingerprint density at radius 3 is 2.35 bits per heavy atom. The topological polar surface area (TPSA) is 90.3 Å². The molecule has 0 aliphatic carbocycles. The Labute approximate surface area is 181 Å². The van der Waals surface area contributed by atoms with E-state index in [0.29, 0.717) is 23.2 Å².